The van der Waals surface area contributed by atoms with Gasteiger partial charge >= 0.3 is 0 Å². The van der Waals surface area contributed by atoms with Crippen LogP contribution in [0.15, 0.2) is 24.3 Å². The molecular weight excluding hydrogens is 200 g/mol. The van der Waals surface area contributed by atoms with Crippen molar-refractivity contribution in [1.82, 2.24) is 0 Å². The Hall–Kier alpha value is -1.31. The van der Waals surface area contributed by atoms with Crippen molar-refractivity contribution in [2.24, 2.45) is 0 Å². The molecule has 1 aromatic carbocycles. The molecule has 0 bridgehead atoms. The summed E-state index contributed by atoms with van der Waals surface area (Å²) in [5, 5.41) is 0. The molecule has 16 heavy (non-hydrogen) atoms. The zero-order chi connectivity index (χ0) is 11.6. The molecule has 0 saturated heterocycles. The van der Waals surface area contributed by atoms with Crippen molar-refractivity contribution in [3.8, 4) is 5.75 Å². The average molecular weight is 218 g/mol. The van der Waals surface area contributed by atoms with Gasteiger partial charge in [0, 0.05) is 12.8 Å². The molecule has 0 amide bonds. The topological polar surface area (TPSA) is 26.3 Å². The molecule has 1 aliphatic rings. The van der Waals surface area contributed by atoms with E-state index in [2.05, 4.69) is 19.1 Å². The van der Waals surface area contributed by atoms with Crippen LogP contribution in [0.5, 0.6) is 5.75 Å². The molecule has 2 rings (SSSR count). The van der Waals surface area contributed by atoms with Gasteiger partial charge in [-0.15, -0.1) is 0 Å². The van der Waals surface area contributed by atoms with Gasteiger partial charge in [0.25, 0.3) is 0 Å². The van der Waals surface area contributed by atoms with E-state index < -0.39 is 0 Å². The summed E-state index contributed by atoms with van der Waals surface area (Å²) in [6.07, 6.45) is 2.35. The van der Waals surface area contributed by atoms with Gasteiger partial charge in [0.2, 0.25) is 0 Å². The molecule has 1 saturated carbocycles. The highest BCUT2D eigenvalue weighted by Gasteiger charge is 2.35. The summed E-state index contributed by atoms with van der Waals surface area (Å²) in [7, 11) is 0. The highest BCUT2D eigenvalue weighted by atomic mass is 16.5. The number of hydrogen-bond acceptors (Lipinski definition) is 2. The third-order valence-electron chi connectivity index (χ3n) is 3.38. The zero-order valence-corrected chi connectivity index (χ0v) is 9.95. The Balaban J connectivity index is 2.26. The second kappa shape index (κ2) is 4.28. The van der Waals surface area contributed by atoms with E-state index in [1.165, 1.54) is 5.56 Å². The Morgan fingerprint density at radius 2 is 2.25 bits per heavy atom. The first-order valence-corrected chi connectivity index (χ1v) is 5.89. The van der Waals surface area contributed by atoms with Gasteiger partial charge in [-0.25, -0.2) is 0 Å². The van der Waals surface area contributed by atoms with Crippen LogP contribution in [0, 0.1) is 0 Å². The Morgan fingerprint density at radius 1 is 1.44 bits per heavy atom. The number of benzene rings is 1. The lowest BCUT2D eigenvalue weighted by molar-refractivity contribution is -0.117. The highest BCUT2D eigenvalue weighted by Crippen LogP contribution is 2.39. The maximum absolute atomic E-state index is 11.4. The van der Waals surface area contributed by atoms with Crippen molar-refractivity contribution in [3.63, 3.8) is 0 Å². The predicted molar refractivity (Wildman–Crippen MR) is 63.8 cm³/mol. The molecule has 0 spiro atoms. The molecule has 1 aromatic rings. The van der Waals surface area contributed by atoms with E-state index in [4.69, 9.17) is 4.74 Å². The Labute approximate surface area is 96.6 Å². The van der Waals surface area contributed by atoms with Gasteiger partial charge in [0.05, 0.1) is 6.61 Å². The monoisotopic (exact) mass is 218 g/mol. The van der Waals surface area contributed by atoms with Gasteiger partial charge in [-0.05, 0) is 36.5 Å². The van der Waals surface area contributed by atoms with E-state index in [-0.39, 0.29) is 5.41 Å². The van der Waals surface area contributed by atoms with Crippen molar-refractivity contribution >= 4 is 5.78 Å². The summed E-state index contributed by atoms with van der Waals surface area (Å²) in [6, 6.07) is 8.14. The second-order valence-electron chi connectivity index (χ2n) is 4.74. The van der Waals surface area contributed by atoms with Crippen LogP contribution in [-0.4, -0.2) is 12.4 Å². The summed E-state index contributed by atoms with van der Waals surface area (Å²) in [5.41, 5.74) is 1.24. The molecule has 1 fully saturated rings. The summed E-state index contributed by atoms with van der Waals surface area (Å²) >= 11 is 0. The van der Waals surface area contributed by atoms with Crippen molar-refractivity contribution in [2.45, 2.75) is 38.5 Å². The van der Waals surface area contributed by atoms with Crippen molar-refractivity contribution in [3.05, 3.63) is 29.8 Å². The summed E-state index contributed by atoms with van der Waals surface area (Å²) < 4.78 is 5.49. The van der Waals surface area contributed by atoms with E-state index >= 15 is 0 Å². The fourth-order valence-corrected chi connectivity index (χ4v) is 2.40. The Bertz CT molecular complexity index is 397. The van der Waals surface area contributed by atoms with Crippen molar-refractivity contribution in [2.75, 3.05) is 6.61 Å². The number of ether oxygens (including phenoxy) is 1. The summed E-state index contributed by atoms with van der Waals surface area (Å²) in [5.74, 6) is 1.28. The molecule has 0 aromatic heterocycles. The van der Waals surface area contributed by atoms with E-state index in [1.54, 1.807) is 0 Å². The lowest BCUT2D eigenvalue weighted by Crippen LogP contribution is -2.17. The molecule has 1 atom stereocenters. The van der Waals surface area contributed by atoms with Crippen LogP contribution in [0.1, 0.15) is 38.7 Å². The molecule has 2 heteroatoms. The van der Waals surface area contributed by atoms with E-state index in [0.29, 0.717) is 18.8 Å². The number of rotatable bonds is 3. The fourth-order valence-electron chi connectivity index (χ4n) is 2.40. The lowest BCUT2D eigenvalue weighted by atomic mass is 9.81. The predicted octanol–water partition coefficient (Wildman–Crippen LogP) is 3.10. The van der Waals surface area contributed by atoms with Crippen LogP contribution in [-0.2, 0) is 10.2 Å². The SMILES string of the molecule is CCOc1cccc(C2(C)CCC(=O)C2)c1. The minimum Gasteiger partial charge on any atom is -0.494 e. The number of hydrogen-bond donors (Lipinski definition) is 0. The van der Waals surface area contributed by atoms with Gasteiger partial charge in [0.1, 0.15) is 11.5 Å². The van der Waals surface area contributed by atoms with Crippen LogP contribution in [0.3, 0.4) is 0 Å². The second-order valence-corrected chi connectivity index (χ2v) is 4.74. The van der Waals surface area contributed by atoms with Crippen LogP contribution in [0.2, 0.25) is 0 Å². The zero-order valence-electron chi connectivity index (χ0n) is 9.95. The van der Waals surface area contributed by atoms with Crippen LogP contribution in [0.25, 0.3) is 0 Å². The third-order valence-corrected chi connectivity index (χ3v) is 3.38. The fraction of sp³-hybridized carbons (Fsp3) is 0.500. The minimum atomic E-state index is 0.0181. The molecule has 86 valence electrons. The Morgan fingerprint density at radius 3 is 2.88 bits per heavy atom. The molecule has 0 aliphatic heterocycles. The number of ketones is 1. The number of Topliss-reactive ketones (excluding diaryl/α,β-unsaturated/α-hetero) is 1. The molecule has 1 aliphatic carbocycles. The molecule has 0 radical (unpaired) electrons. The van der Waals surface area contributed by atoms with Gasteiger partial charge in [-0.2, -0.15) is 0 Å². The summed E-state index contributed by atoms with van der Waals surface area (Å²) in [4.78, 5) is 11.4. The summed E-state index contributed by atoms with van der Waals surface area (Å²) in [6.45, 7) is 4.83. The molecule has 2 nitrogen and oxygen atoms in total. The van der Waals surface area contributed by atoms with Crippen LogP contribution in [0.4, 0.5) is 0 Å². The maximum Gasteiger partial charge on any atom is 0.133 e. The van der Waals surface area contributed by atoms with Gasteiger partial charge < -0.3 is 4.74 Å². The first-order valence-electron chi connectivity index (χ1n) is 5.89. The minimum absolute atomic E-state index is 0.0181. The van der Waals surface area contributed by atoms with Crippen LogP contribution >= 0.6 is 0 Å². The van der Waals surface area contributed by atoms with Gasteiger partial charge in [0.15, 0.2) is 0 Å². The molecule has 1 unspecified atom stereocenters. The highest BCUT2D eigenvalue weighted by molar-refractivity contribution is 5.82. The van der Waals surface area contributed by atoms with E-state index in [1.807, 2.05) is 19.1 Å². The normalized spacial score (nSPS) is 24.8. The quantitative estimate of drug-likeness (QED) is 0.779. The van der Waals surface area contributed by atoms with Gasteiger partial charge in [-0.3, -0.25) is 4.79 Å². The maximum atomic E-state index is 11.4. The Kier molecular flexibility index (Phi) is 2.99. The third kappa shape index (κ3) is 2.11. The van der Waals surface area contributed by atoms with Crippen molar-refractivity contribution < 1.29 is 9.53 Å². The van der Waals surface area contributed by atoms with Gasteiger partial charge in [-0.1, -0.05) is 19.1 Å². The average Bonchev–Trinajstić information content (AvgIpc) is 2.61. The first kappa shape index (κ1) is 11.2. The van der Waals surface area contributed by atoms with Crippen LogP contribution < -0.4 is 4.74 Å². The standard InChI is InChI=1S/C14H18O2/c1-3-16-13-6-4-5-11(9-13)14(2)8-7-12(15)10-14/h4-6,9H,3,7-8,10H2,1-2H3. The molecular formula is C14H18O2. The van der Waals surface area contributed by atoms with Crippen molar-refractivity contribution in [1.29, 1.82) is 0 Å². The van der Waals surface area contributed by atoms with E-state index in [9.17, 15) is 4.79 Å². The largest absolute Gasteiger partial charge is 0.494 e. The lowest BCUT2D eigenvalue weighted by Gasteiger charge is -2.23. The number of carbonyl (C=O) groups is 1. The van der Waals surface area contributed by atoms with E-state index in [0.717, 1.165) is 18.6 Å². The molecule has 0 heterocycles. The smallest absolute Gasteiger partial charge is 0.133 e. The molecule has 0 N–H and O–H groups in total. The first-order chi connectivity index (χ1) is 7.64. The number of carbonyl (C=O) groups excluding carboxylic acids is 1.